The summed E-state index contributed by atoms with van der Waals surface area (Å²) in [7, 11) is -7.11. The quantitative estimate of drug-likeness (QED) is 0.760. The molecule has 0 saturated heterocycles. The Morgan fingerprint density at radius 2 is 1.75 bits per heavy atom. The molecular formula is C17H14ClN3O4S3. The van der Waals surface area contributed by atoms with Gasteiger partial charge in [-0.1, -0.05) is 35.5 Å². The van der Waals surface area contributed by atoms with Crippen molar-refractivity contribution >= 4 is 60.0 Å². The zero-order chi connectivity index (χ0) is 19.9. The first kappa shape index (κ1) is 19.3. The molecule has 0 unspecified atom stereocenters. The molecule has 2 aliphatic rings. The van der Waals surface area contributed by atoms with Crippen LogP contribution in [-0.4, -0.2) is 39.2 Å². The van der Waals surface area contributed by atoms with Gasteiger partial charge in [-0.3, -0.25) is 4.72 Å². The van der Waals surface area contributed by atoms with Crippen molar-refractivity contribution in [3.63, 3.8) is 0 Å². The fourth-order valence-electron chi connectivity index (χ4n) is 2.76. The summed E-state index contributed by atoms with van der Waals surface area (Å²) >= 11 is 7.05. The molecular weight excluding hydrogens is 442 g/mol. The van der Waals surface area contributed by atoms with E-state index in [4.69, 9.17) is 11.6 Å². The molecule has 0 spiro atoms. The first-order valence-corrected chi connectivity index (χ1v) is 12.4. The molecule has 2 heterocycles. The Morgan fingerprint density at radius 3 is 2.43 bits per heavy atom. The number of nitrogens with one attached hydrogen (secondary N) is 1. The summed E-state index contributed by atoms with van der Waals surface area (Å²) in [4.78, 5) is 1.96. The number of fused-ring (bicyclic) bond motifs is 1. The molecule has 4 rings (SSSR count). The normalized spacial score (nSPS) is 18.2. The largest absolute Gasteiger partial charge is 0.318 e. The van der Waals surface area contributed by atoms with Crippen LogP contribution in [0.3, 0.4) is 0 Å². The maximum Gasteiger partial charge on any atom is 0.261 e. The minimum atomic E-state index is -3.72. The average molecular weight is 456 g/mol. The molecule has 0 saturated carbocycles. The fraction of sp³-hybridized carbons (Fsp3) is 0.118. The summed E-state index contributed by atoms with van der Waals surface area (Å²) in [5.41, 5.74) is 2.09. The van der Waals surface area contributed by atoms with E-state index in [1.54, 1.807) is 24.3 Å². The first-order chi connectivity index (χ1) is 13.2. The van der Waals surface area contributed by atoms with Gasteiger partial charge in [-0.05, 0) is 42.0 Å². The van der Waals surface area contributed by atoms with Gasteiger partial charge in [-0.25, -0.2) is 16.8 Å². The molecule has 2 aromatic carbocycles. The third kappa shape index (κ3) is 3.90. The lowest BCUT2D eigenvalue weighted by atomic mass is 10.1. The average Bonchev–Trinajstić information content (AvgIpc) is 3.04. The van der Waals surface area contributed by atoms with Crippen molar-refractivity contribution in [3.05, 3.63) is 64.5 Å². The van der Waals surface area contributed by atoms with Crippen LogP contribution in [0.25, 0.3) is 5.70 Å². The predicted molar refractivity (Wildman–Crippen MR) is 112 cm³/mol. The standard InChI is InChI=1S/C17H14ClN3O4S3/c18-13-3-7-15(8-4-13)28(24,25)19-14-5-1-12(2-6-14)16-11-26-17-20-27(22,23)10-9-21(16)17/h1-8,11,19H,9-10H2. The van der Waals surface area contributed by atoms with Crippen LogP contribution in [0.15, 0.2) is 63.2 Å². The molecule has 1 N–H and O–H groups in total. The van der Waals surface area contributed by atoms with Gasteiger partial charge in [0.05, 0.1) is 16.3 Å². The van der Waals surface area contributed by atoms with Crippen LogP contribution >= 0.6 is 23.4 Å². The second-order valence-electron chi connectivity index (χ2n) is 6.07. The molecule has 0 atom stereocenters. The van der Waals surface area contributed by atoms with Gasteiger partial charge in [0, 0.05) is 22.7 Å². The van der Waals surface area contributed by atoms with E-state index < -0.39 is 20.0 Å². The Balaban J connectivity index is 1.53. The van der Waals surface area contributed by atoms with Gasteiger partial charge >= 0.3 is 0 Å². The highest BCUT2D eigenvalue weighted by molar-refractivity contribution is 8.17. The zero-order valence-corrected chi connectivity index (χ0v) is 17.4. The van der Waals surface area contributed by atoms with E-state index in [9.17, 15) is 16.8 Å². The number of anilines is 1. The summed E-state index contributed by atoms with van der Waals surface area (Å²) in [5.74, 6) is -0.0344. The molecule has 0 radical (unpaired) electrons. The Labute approximate surface area is 172 Å². The van der Waals surface area contributed by atoms with E-state index in [-0.39, 0.29) is 10.6 Å². The van der Waals surface area contributed by atoms with Crippen LogP contribution in [0.4, 0.5) is 5.69 Å². The number of halogens is 1. The molecule has 0 amide bonds. The van der Waals surface area contributed by atoms with Gasteiger partial charge in [-0.2, -0.15) is 0 Å². The number of thioether (sulfide) groups is 1. The molecule has 0 fully saturated rings. The van der Waals surface area contributed by atoms with Crippen molar-refractivity contribution in [3.8, 4) is 0 Å². The maximum atomic E-state index is 12.5. The molecule has 2 aliphatic heterocycles. The highest BCUT2D eigenvalue weighted by atomic mass is 35.5. The molecule has 0 aromatic heterocycles. The number of hydrogen-bond acceptors (Lipinski definition) is 6. The third-order valence-corrected chi connectivity index (χ3v) is 7.92. The van der Waals surface area contributed by atoms with Gasteiger partial charge in [0.25, 0.3) is 20.0 Å². The summed E-state index contributed by atoms with van der Waals surface area (Å²) in [6, 6.07) is 12.8. The van der Waals surface area contributed by atoms with Gasteiger partial charge in [0.15, 0.2) is 5.17 Å². The molecule has 0 bridgehead atoms. The van der Waals surface area contributed by atoms with Crippen molar-refractivity contribution in [1.29, 1.82) is 0 Å². The smallest absolute Gasteiger partial charge is 0.261 e. The molecule has 11 heteroatoms. The number of amidine groups is 1. The number of rotatable bonds is 4. The van der Waals surface area contributed by atoms with E-state index in [1.165, 1.54) is 36.0 Å². The van der Waals surface area contributed by atoms with Crippen molar-refractivity contribution in [2.24, 2.45) is 4.40 Å². The Bertz CT molecular complexity index is 1190. The van der Waals surface area contributed by atoms with E-state index in [1.807, 2.05) is 10.3 Å². The SMILES string of the molecule is O=S1(=O)CCN2C(c3ccc(NS(=O)(=O)c4ccc(Cl)cc4)cc3)=CSC2=N1. The second kappa shape index (κ2) is 7.11. The number of nitrogens with zero attached hydrogens (tertiary/aromatic N) is 2. The molecule has 146 valence electrons. The number of sulfonamides is 2. The monoisotopic (exact) mass is 455 g/mol. The summed E-state index contributed by atoms with van der Waals surface area (Å²) < 4.78 is 54.5. The van der Waals surface area contributed by atoms with Crippen molar-refractivity contribution in [2.75, 3.05) is 17.0 Å². The fourth-order valence-corrected chi connectivity index (χ4v) is 6.09. The minimum absolute atomic E-state index is 0.0344. The van der Waals surface area contributed by atoms with Crippen LogP contribution in [0, 0.1) is 0 Å². The third-order valence-electron chi connectivity index (χ3n) is 4.14. The van der Waals surface area contributed by atoms with E-state index >= 15 is 0 Å². The summed E-state index contributed by atoms with van der Waals surface area (Å²) in [6.45, 7) is 0.338. The molecule has 7 nitrogen and oxygen atoms in total. The Kier molecular flexibility index (Phi) is 4.90. The highest BCUT2D eigenvalue weighted by Crippen LogP contribution is 2.35. The Morgan fingerprint density at radius 1 is 1.07 bits per heavy atom. The molecule has 28 heavy (non-hydrogen) atoms. The van der Waals surface area contributed by atoms with E-state index in [0.717, 1.165) is 11.3 Å². The van der Waals surface area contributed by atoms with Gasteiger partial charge in [0.1, 0.15) is 0 Å². The van der Waals surface area contributed by atoms with Crippen LogP contribution in [0.1, 0.15) is 5.56 Å². The molecule has 0 aliphatic carbocycles. The first-order valence-electron chi connectivity index (χ1n) is 8.09. The minimum Gasteiger partial charge on any atom is -0.318 e. The topological polar surface area (TPSA) is 95.9 Å². The number of benzene rings is 2. The van der Waals surface area contributed by atoms with Crippen LogP contribution in [0.2, 0.25) is 5.02 Å². The predicted octanol–water partition coefficient (Wildman–Crippen LogP) is 3.19. The van der Waals surface area contributed by atoms with Crippen molar-refractivity contribution in [1.82, 2.24) is 4.90 Å². The summed E-state index contributed by atoms with van der Waals surface area (Å²) in [5, 5.41) is 2.74. The lowest BCUT2D eigenvalue weighted by Crippen LogP contribution is -2.34. The summed E-state index contributed by atoms with van der Waals surface area (Å²) in [6.07, 6.45) is 0. The van der Waals surface area contributed by atoms with Crippen LogP contribution < -0.4 is 4.72 Å². The van der Waals surface area contributed by atoms with Crippen LogP contribution in [0.5, 0.6) is 0 Å². The highest BCUT2D eigenvalue weighted by Gasteiger charge is 2.31. The van der Waals surface area contributed by atoms with Crippen molar-refractivity contribution in [2.45, 2.75) is 4.90 Å². The van der Waals surface area contributed by atoms with Gasteiger partial charge in [0.2, 0.25) is 0 Å². The Hall–Kier alpha value is -2.01. The van der Waals surface area contributed by atoms with Crippen LogP contribution in [-0.2, 0) is 20.0 Å². The maximum absolute atomic E-state index is 12.5. The zero-order valence-electron chi connectivity index (χ0n) is 14.2. The lowest BCUT2D eigenvalue weighted by Gasteiger charge is -2.25. The van der Waals surface area contributed by atoms with Gasteiger partial charge < -0.3 is 4.90 Å². The molecule has 2 aromatic rings. The van der Waals surface area contributed by atoms with E-state index in [2.05, 4.69) is 9.12 Å². The lowest BCUT2D eigenvalue weighted by molar-refractivity contribution is 0.567. The van der Waals surface area contributed by atoms with Gasteiger partial charge in [-0.15, -0.1) is 4.40 Å². The second-order valence-corrected chi connectivity index (χ2v) is 10.8. The van der Waals surface area contributed by atoms with E-state index in [0.29, 0.717) is 22.4 Å². The number of hydrogen-bond donors (Lipinski definition) is 1. The van der Waals surface area contributed by atoms with Crippen molar-refractivity contribution < 1.29 is 16.8 Å².